The molecule has 2 aromatic heterocycles. The van der Waals surface area contributed by atoms with Crippen molar-refractivity contribution in [2.45, 2.75) is 95.2 Å². The molecular weight excluding hydrogens is 548 g/mol. The second-order valence-electron chi connectivity index (χ2n) is 12.6. The van der Waals surface area contributed by atoms with Gasteiger partial charge in [0, 0.05) is 23.8 Å². The highest BCUT2D eigenvalue weighted by Gasteiger charge is 2.41. The molecule has 1 aliphatic carbocycles. The molecule has 2 heterocycles. The fourth-order valence-corrected chi connectivity index (χ4v) is 6.49. The number of benzene rings is 1. The number of aliphatic hydroxyl groups excluding tert-OH is 1. The van der Waals surface area contributed by atoms with Crippen LogP contribution in [0.15, 0.2) is 40.3 Å². The quantitative estimate of drug-likeness (QED) is 0.273. The minimum atomic E-state index is -3.79. The summed E-state index contributed by atoms with van der Waals surface area (Å²) < 4.78 is 38.2. The van der Waals surface area contributed by atoms with Gasteiger partial charge in [-0.2, -0.15) is 5.10 Å². The molecule has 3 aromatic rings. The number of nitrogens with one attached hydrogen (secondary N) is 2. The maximum absolute atomic E-state index is 13.7. The van der Waals surface area contributed by atoms with E-state index in [9.17, 15) is 18.3 Å². The number of hydrogen-bond donors (Lipinski definition) is 3. The van der Waals surface area contributed by atoms with Crippen molar-refractivity contribution in [3.05, 3.63) is 46.5 Å². The van der Waals surface area contributed by atoms with Gasteiger partial charge >= 0.3 is 0 Å². The lowest BCUT2D eigenvalue weighted by molar-refractivity contribution is 0.208. The van der Waals surface area contributed by atoms with E-state index in [1.165, 1.54) is 16.7 Å². The highest BCUT2D eigenvalue weighted by molar-refractivity contribution is 7.89. The Morgan fingerprint density at radius 2 is 1.95 bits per heavy atom. The van der Waals surface area contributed by atoms with Crippen LogP contribution in [0, 0.1) is 0 Å². The van der Waals surface area contributed by atoms with Gasteiger partial charge in [-0.1, -0.05) is 20.8 Å². The molecule has 0 spiro atoms. The maximum atomic E-state index is 13.7. The summed E-state index contributed by atoms with van der Waals surface area (Å²) in [5, 5.41) is 17.6. The van der Waals surface area contributed by atoms with Crippen molar-refractivity contribution in [2.24, 2.45) is 0 Å². The van der Waals surface area contributed by atoms with Crippen LogP contribution >= 0.6 is 0 Å². The third kappa shape index (κ3) is 7.00. The van der Waals surface area contributed by atoms with Crippen molar-refractivity contribution in [3.8, 4) is 0 Å². The molecule has 1 fully saturated rings. The van der Waals surface area contributed by atoms with Crippen molar-refractivity contribution in [1.29, 1.82) is 0 Å². The fraction of sp³-hybridized carbons (Fsp3) is 0.593. The first-order valence-corrected chi connectivity index (χ1v) is 18.0. The number of rotatable bonds is 12. The van der Waals surface area contributed by atoms with Gasteiger partial charge in [-0.05, 0) is 63.0 Å². The highest BCUT2D eigenvalue weighted by atomic mass is 32.2. The van der Waals surface area contributed by atoms with Crippen molar-refractivity contribution in [2.75, 3.05) is 18.5 Å². The number of anilines is 1. The second-order valence-corrected chi connectivity index (χ2v) is 19.1. The molecule has 1 aromatic carbocycles. The number of sulfonamides is 1. The largest absolute Gasteiger partial charge is 0.415 e. The minimum Gasteiger partial charge on any atom is -0.415 e. The molecule has 1 atom stereocenters. The molecular formula is C27H42N6O5SSi. The van der Waals surface area contributed by atoms with Crippen molar-refractivity contribution >= 4 is 35.2 Å². The number of fused-ring (bicyclic) bond motifs is 1. The minimum absolute atomic E-state index is 0.0258. The Morgan fingerprint density at radius 3 is 2.58 bits per heavy atom. The molecule has 0 unspecified atom stereocenters. The van der Waals surface area contributed by atoms with Crippen LogP contribution in [0.5, 0.6) is 0 Å². The van der Waals surface area contributed by atoms with E-state index >= 15 is 0 Å². The van der Waals surface area contributed by atoms with Gasteiger partial charge in [0.2, 0.25) is 16.0 Å². The van der Waals surface area contributed by atoms with Crippen LogP contribution in [0.2, 0.25) is 18.1 Å². The topological polar surface area (TPSA) is 140 Å². The Hall–Kier alpha value is -2.58. The second kappa shape index (κ2) is 11.0. The normalized spacial score (nSPS) is 16.3. The molecule has 1 aliphatic rings. The lowest BCUT2D eigenvalue weighted by Gasteiger charge is -2.36. The van der Waals surface area contributed by atoms with Crippen LogP contribution in [-0.4, -0.2) is 66.0 Å². The van der Waals surface area contributed by atoms with Gasteiger partial charge in [-0.15, -0.1) is 0 Å². The molecule has 0 amide bonds. The van der Waals surface area contributed by atoms with Crippen molar-refractivity contribution in [1.82, 2.24) is 24.1 Å². The van der Waals surface area contributed by atoms with Gasteiger partial charge in [0.15, 0.2) is 8.32 Å². The number of aliphatic hydroxyl groups is 1. The number of hydrogen-bond acceptors (Lipinski definition) is 8. The summed E-state index contributed by atoms with van der Waals surface area (Å²) in [5.41, 5.74) is 0.325. The van der Waals surface area contributed by atoms with E-state index in [0.717, 1.165) is 18.4 Å². The van der Waals surface area contributed by atoms with E-state index < -0.39 is 30.0 Å². The summed E-state index contributed by atoms with van der Waals surface area (Å²) in [4.78, 5) is 18.4. The Balaban J connectivity index is 1.61. The Kier molecular flexibility index (Phi) is 8.36. The molecule has 0 saturated heterocycles. The van der Waals surface area contributed by atoms with Crippen LogP contribution < -0.4 is 15.6 Å². The molecule has 220 valence electrons. The van der Waals surface area contributed by atoms with Crippen LogP contribution in [0.4, 0.5) is 5.95 Å². The molecule has 0 bridgehead atoms. The number of aromatic nitrogens is 4. The van der Waals surface area contributed by atoms with E-state index in [2.05, 4.69) is 54.0 Å². The van der Waals surface area contributed by atoms with Crippen LogP contribution in [-0.2, 0) is 27.5 Å². The SMILES string of the molecule is C[C@H](O)CNc1nc2ccc(S(=O)(=O)NC3(C)CC3)cc2c(=O)n1Cc1cnn(CCO[Si](C)(C)C(C)(C)C)c1. The smallest absolute Gasteiger partial charge is 0.263 e. The lowest BCUT2D eigenvalue weighted by atomic mass is 10.2. The van der Waals surface area contributed by atoms with E-state index in [-0.39, 0.29) is 39.9 Å². The van der Waals surface area contributed by atoms with Crippen LogP contribution in [0.3, 0.4) is 0 Å². The summed E-state index contributed by atoms with van der Waals surface area (Å²) in [7, 11) is -5.66. The summed E-state index contributed by atoms with van der Waals surface area (Å²) in [6, 6.07) is 4.38. The zero-order chi connectivity index (χ0) is 29.5. The number of nitrogens with zero attached hydrogens (tertiary/aromatic N) is 4. The molecule has 3 N–H and O–H groups in total. The van der Waals surface area contributed by atoms with Crippen LogP contribution in [0.1, 0.15) is 53.0 Å². The standard InChI is InChI=1S/C27H42N6O5SSi/c1-19(34)15-28-25-30-23-9-8-21(39(36,37)31-27(5)10-11-27)14-22(23)24(35)33(25)18-20-16-29-32(17-20)12-13-38-40(6,7)26(2,3)4/h8-9,14,16-17,19,31,34H,10-13,15,18H2,1-7H3,(H,28,30)/t19-/m0/s1. The predicted molar refractivity (Wildman–Crippen MR) is 159 cm³/mol. The summed E-state index contributed by atoms with van der Waals surface area (Å²) in [6.07, 6.45) is 4.46. The van der Waals surface area contributed by atoms with E-state index in [1.54, 1.807) is 23.9 Å². The highest BCUT2D eigenvalue weighted by Crippen LogP contribution is 2.37. The molecule has 40 heavy (non-hydrogen) atoms. The summed E-state index contributed by atoms with van der Waals surface area (Å²) in [5.74, 6) is 0.284. The average molecular weight is 591 g/mol. The van der Waals surface area contributed by atoms with Crippen molar-refractivity contribution < 1.29 is 18.0 Å². The molecule has 1 saturated carbocycles. The molecule has 0 aliphatic heterocycles. The first-order valence-electron chi connectivity index (χ1n) is 13.7. The molecule has 13 heteroatoms. The predicted octanol–water partition coefficient (Wildman–Crippen LogP) is 3.29. The van der Waals surface area contributed by atoms with E-state index in [1.807, 2.05) is 13.1 Å². The van der Waals surface area contributed by atoms with Crippen LogP contribution in [0.25, 0.3) is 10.9 Å². The fourth-order valence-electron chi connectivity index (χ4n) is 3.96. The maximum Gasteiger partial charge on any atom is 0.263 e. The third-order valence-corrected chi connectivity index (χ3v) is 14.0. The summed E-state index contributed by atoms with van der Waals surface area (Å²) >= 11 is 0. The average Bonchev–Trinajstić information content (AvgIpc) is 3.38. The van der Waals surface area contributed by atoms with Gasteiger partial charge in [0.1, 0.15) is 0 Å². The first kappa shape index (κ1) is 30.4. The van der Waals surface area contributed by atoms with E-state index in [4.69, 9.17) is 4.43 Å². The molecule has 11 nitrogen and oxygen atoms in total. The van der Waals surface area contributed by atoms with Gasteiger partial charge < -0.3 is 14.8 Å². The lowest BCUT2D eigenvalue weighted by Crippen LogP contribution is -2.41. The third-order valence-electron chi connectivity index (χ3n) is 7.79. The Morgan fingerprint density at radius 1 is 1.25 bits per heavy atom. The van der Waals surface area contributed by atoms with Gasteiger partial charge in [0.25, 0.3) is 5.56 Å². The van der Waals surface area contributed by atoms with Gasteiger partial charge in [-0.3, -0.25) is 14.0 Å². The molecule has 4 rings (SSSR count). The zero-order valence-corrected chi connectivity index (χ0v) is 26.3. The van der Waals surface area contributed by atoms with Crippen molar-refractivity contribution in [3.63, 3.8) is 0 Å². The molecule has 0 radical (unpaired) electrons. The van der Waals surface area contributed by atoms with Gasteiger partial charge in [-0.25, -0.2) is 18.1 Å². The zero-order valence-electron chi connectivity index (χ0n) is 24.5. The summed E-state index contributed by atoms with van der Waals surface area (Å²) in [6.45, 7) is 16.0. The Bertz CT molecular complexity index is 1540. The van der Waals surface area contributed by atoms with Gasteiger partial charge in [0.05, 0.1) is 47.8 Å². The Labute approximate surface area is 237 Å². The van der Waals surface area contributed by atoms with E-state index in [0.29, 0.717) is 18.7 Å². The monoisotopic (exact) mass is 590 g/mol. The first-order chi connectivity index (χ1) is 18.5.